The highest BCUT2D eigenvalue weighted by molar-refractivity contribution is 5.92. The molecule has 3 rings (SSSR count). The van der Waals surface area contributed by atoms with Gasteiger partial charge in [-0.1, -0.05) is 32.9 Å². The van der Waals surface area contributed by atoms with E-state index in [0.717, 1.165) is 19.3 Å². The highest BCUT2D eigenvalue weighted by atomic mass is 16.6. The summed E-state index contributed by atoms with van der Waals surface area (Å²) in [5.74, 6) is -0.251. The van der Waals surface area contributed by atoms with Gasteiger partial charge in [-0.3, -0.25) is 0 Å². The molecular formula is C26H33NO6. The monoisotopic (exact) mass is 455 g/mol. The third kappa shape index (κ3) is 6.96. The molecule has 1 fully saturated rings. The number of anilines is 1. The number of nitrogen functional groups attached to an aromatic ring is 1. The lowest BCUT2D eigenvalue weighted by atomic mass is 9.71. The van der Waals surface area contributed by atoms with E-state index in [-0.39, 0.29) is 23.7 Å². The summed E-state index contributed by atoms with van der Waals surface area (Å²) >= 11 is 0. The van der Waals surface area contributed by atoms with Crippen LogP contribution in [0.25, 0.3) is 0 Å². The smallest absolute Gasteiger partial charge is 0.342 e. The van der Waals surface area contributed by atoms with Crippen molar-refractivity contribution >= 4 is 17.6 Å². The summed E-state index contributed by atoms with van der Waals surface area (Å²) in [7, 11) is 0. The van der Waals surface area contributed by atoms with E-state index in [0.29, 0.717) is 22.9 Å². The first-order valence-electron chi connectivity index (χ1n) is 11.3. The van der Waals surface area contributed by atoms with Crippen LogP contribution in [0.15, 0.2) is 48.5 Å². The number of ether oxygens (including phenoxy) is 3. The second-order valence-electron chi connectivity index (χ2n) is 9.58. The van der Waals surface area contributed by atoms with Gasteiger partial charge in [-0.15, -0.1) is 0 Å². The summed E-state index contributed by atoms with van der Waals surface area (Å²) < 4.78 is 16.8. The van der Waals surface area contributed by atoms with Crippen molar-refractivity contribution in [3.8, 4) is 5.75 Å². The number of carbonyl (C=O) groups excluding carboxylic acids is 2. The Hall–Kier alpha value is -3.06. The summed E-state index contributed by atoms with van der Waals surface area (Å²) in [6.07, 6.45) is 1.97. The zero-order valence-corrected chi connectivity index (χ0v) is 19.5. The van der Waals surface area contributed by atoms with Crippen molar-refractivity contribution in [3.63, 3.8) is 0 Å². The summed E-state index contributed by atoms with van der Waals surface area (Å²) in [6, 6.07) is 13.2. The molecule has 1 aliphatic carbocycles. The minimum atomic E-state index is -1.00. The minimum Gasteiger partial charge on any atom is -0.489 e. The summed E-state index contributed by atoms with van der Waals surface area (Å²) in [6.45, 7) is 5.92. The fraction of sp³-hybridized carbons (Fsp3) is 0.462. The van der Waals surface area contributed by atoms with Crippen LogP contribution in [-0.2, 0) is 9.47 Å². The van der Waals surface area contributed by atoms with Gasteiger partial charge in [0.1, 0.15) is 17.9 Å². The van der Waals surface area contributed by atoms with Crippen LogP contribution in [0.1, 0.15) is 60.7 Å². The predicted octanol–water partition coefficient (Wildman–Crippen LogP) is 4.24. The van der Waals surface area contributed by atoms with Gasteiger partial charge >= 0.3 is 11.9 Å². The van der Waals surface area contributed by atoms with Crippen molar-refractivity contribution < 1.29 is 28.9 Å². The van der Waals surface area contributed by atoms with Gasteiger partial charge < -0.3 is 25.1 Å². The summed E-state index contributed by atoms with van der Waals surface area (Å²) in [4.78, 5) is 25.0. The molecule has 3 atom stereocenters. The van der Waals surface area contributed by atoms with Gasteiger partial charge in [0.2, 0.25) is 0 Å². The first kappa shape index (κ1) is 24.6. The Morgan fingerprint density at radius 3 is 2.45 bits per heavy atom. The zero-order chi connectivity index (χ0) is 24.0. The Morgan fingerprint density at radius 1 is 1.09 bits per heavy atom. The molecule has 0 amide bonds. The molecule has 0 bridgehead atoms. The molecule has 33 heavy (non-hydrogen) atoms. The minimum absolute atomic E-state index is 0.00667. The molecule has 3 N–H and O–H groups in total. The summed E-state index contributed by atoms with van der Waals surface area (Å²) in [5.41, 5.74) is 6.91. The fourth-order valence-electron chi connectivity index (χ4n) is 4.48. The van der Waals surface area contributed by atoms with E-state index in [1.165, 1.54) is 0 Å². The molecule has 0 radical (unpaired) electrons. The van der Waals surface area contributed by atoms with E-state index < -0.39 is 24.6 Å². The standard InChI is InChI=1S/C26H33NO6/c1-17-12-20(14-26(2,3)13-17)32-23-7-5-4-6-22(23)25(30)33-21(15-28)16-31-24(29)18-8-10-19(27)11-9-18/h4-11,17,20-21,28H,12-16,27H2,1-3H3. The molecule has 0 saturated heterocycles. The van der Waals surface area contributed by atoms with Crippen LogP contribution in [-0.4, -0.2) is 42.5 Å². The molecule has 0 aromatic heterocycles. The topological polar surface area (TPSA) is 108 Å². The normalized spacial score (nSPS) is 20.5. The van der Waals surface area contributed by atoms with Crippen molar-refractivity contribution in [2.24, 2.45) is 11.3 Å². The number of hydrogen-bond acceptors (Lipinski definition) is 7. The second-order valence-corrected chi connectivity index (χ2v) is 9.58. The van der Waals surface area contributed by atoms with Crippen LogP contribution in [0.2, 0.25) is 0 Å². The third-order valence-corrected chi connectivity index (χ3v) is 5.77. The second kappa shape index (κ2) is 10.7. The maximum atomic E-state index is 12.9. The van der Waals surface area contributed by atoms with Gasteiger partial charge in [-0.05, 0) is 67.0 Å². The number of benzene rings is 2. The first-order chi connectivity index (χ1) is 15.7. The van der Waals surface area contributed by atoms with Crippen LogP contribution in [0, 0.1) is 11.3 Å². The molecule has 0 aliphatic heterocycles. The number of nitrogens with two attached hydrogens (primary N) is 1. The van der Waals surface area contributed by atoms with Crippen molar-refractivity contribution in [3.05, 3.63) is 59.7 Å². The Morgan fingerprint density at radius 2 is 1.79 bits per heavy atom. The SMILES string of the molecule is CC1CC(Oc2ccccc2C(=O)OC(CO)COC(=O)c2ccc(N)cc2)CC(C)(C)C1. The number of esters is 2. The van der Waals surface area contributed by atoms with E-state index in [2.05, 4.69) is 20.8 Å². The molecule has 0 heterocycles. The van der Waals surface area contributed by atoms with Gasteiger partial charge in [-0.25, -0.2) is 9.59 Å². The molecule has 0 spiro atoms. The number of carbonyl (C=O) groups is 2. The average molecular weight is 456 g/mol. The third-order valence-electron chi connectivity index (χ3n) is 5.77. The molecule has 2 aromatic carbocycles. The van der Waals surface area contributed by atoms with Crippen LogP contribution in [0.4, 0.5) is 5.69 Å². The van der Waals surface area contributed by atoms with E-state index in [1.54, 1.807) is 48.5 Å². The van der Waals surface area contributed by atoms with E-state index in [9.17, 15) is 14.7 Å². The van der Waals surface area contributed by atoms with Crippen LogP contribution in [0.3, 0.4) is 0 Å². The Bertz CT molecular complexity index is 956. The van der Waals surface area contributed by atoms with Crippen molar-refractivity contribution in [1.29, 1.82) is 0 Å². The van der Waals surface area contributed by atoms with Gasteiger partial charge in [0.15, 0.2) is 6.10 Å². The maximum Gasteiger partial charge on any atom is 0.342 e. The average Bonchev–Trinajstić information content (AvgIpc) is 2.75. The van der Waals surface area contributed by atoms with Crippen molar-refractivity contribution in [1.82, 2.24) is 0 Å². The number of aliphatic hydroxyl groups excluding tert-OH is 1. The van der Waals surface area contributed by atoms with Crippen molar-refractivity contribution in [2.45, 2.75) is 52.2 Å². The van der Waals surface area contributed by atoms with E-state index in [1.807, 2.05) is 0 Å². The number of aliphatic hydroxyl groups is 1. The van der Waals surface area contributed by atoms with Crippen LogP contribution in [0.5, 0.6) is 5.75 Å². The molecule has 7 nitrogen and oxygen atoms in total. The van der Waals surface area contributed by atoms with Crippen LogP contribution < -0.4 is 10.5 Å². The van der Waals surface area contributed by atoms with Gasteiger partial charge in [0, 0.05) is 5.69 Å². The highest BCUT2D eigenvalue weighted by Gasteiger charge is 2.34. The van der Waals surface area contributed by atoms with Crippen LogP contribution >= 0.6 is 0 Å². The summed E-state index contributed by atoms with van der Waals surface area (Å²) in [5, 5.41) is 9.64. The number of para-hydroxylation sites is 1. The quantitative estimate of drug-likeness (QED) is 0.453. The molecule has 1 saturated carbocycles. The molecule has 3 unspecified atom stereocenters. The Labute approximate surface area is 194 Å². The number of rotatable bonds is 8. The lowest BCUT2D eigenvalue weighted by Gasteiger charge is -2.39. The lowest BCUT2D eigenvalue weighted by molar-refractivity contribution is -0.0175. The molecule has 178 valence electrons. The van der Waals surface area contributed by atoms with E-state index in [4.69, 9.17) is 19.9 Å². The van der Waals surface area contributed by atoms with Gasteiger partial charge in [0.05, 0.1) is 18.3 Å². The molecule has 1 aliphatic rings. The molecule has 2 aromatic rings. The van der Waals surface area contributed by atoms with E-state index >= 15 is 0 Å². The number of hydrogen-bond donors (Lipinski definition) is 2. The Balaban J connectivity index is 1.62. The van der Waals surface area contributed by atoms with Gasteiger partial charge in [-0.2, -0.15) is 0 Å². The lowest BCUT2D eigenvalue weighted by Crippen LogP contribution is -2.34. The predicted molar refractivity (Wildman–Crippen MR) is 125 cm³/mol. The molecular weight excluding hydrogens is 422 g/mol. The molecule has 7 heteroatoms. The highest BCUT2D eigenvalue weighted by Crippen LogP contribution is 2.40. The largest absolute Gasteiger partial charge is 0.489 e. The van der Waals surface area contributed by atoms with Crippen molar-refractivity contribution in [2.75, 3.05) is 18.9 Å². The Kier molecular flexibility index (Phi) is 7.97. The first-order valence-corrected chi connectivity index (χ1v) is 11.3. The van der Waals surface area contributed by atoms with Gasteiger partial charge in [0.25, 0.3) is 0 Å². The maximum absolute atomic E-state index is 12.9. The fourth-order valence-corrected chi connectivity index (χ4v) is 4.48. The zero-order valence-electron chi connectivity index (χ0n) is 19.5.